The van der Waals surface area contributed by atoms with Crippen molar-refractivity contribution in [2.24, 2.45) is 0 Å². The van der Waals surface area contributed by atoms with E-state index < -0.39 is 6.04 Å². The van der Waals surface area contributed by atoms with Crippen molar-refractivity contribution in [3.05, 3.63) is 59.2 Å². The molecule has 2 aromatic rings. The van der Waals surface area contributed by atoms with Crippen LogP contribution in [0.1, 0.15) is 34.5 Å². The number of anilines is 1. The lowest BCUT2D eigenvalue weighted by molar-refractivity contribution is -0.118. The van der Waals surface area contributed by atoms with E-state index >= 15 is 0 Å². The number of carbonyl (C=O) groups is 2. The fourth-order valence-corrected chi connectivity index (χ4v) is 2.87. The van der Waals surface area contributed by atoms with Crippen LogP contribution in [0.15, 0.2) is 42.5 Å². The summed E-state index contributed by atoms with van der Waals surface area (Å²) in [5.41, 5.74) is 2.53. The number of ketones is 1. The minimum absolute atomic E-state index is 0.194. The van der Waals surface area contributed by atoms with Crippen molar-refractivity contribution in [2.45, 2.75) is 19.4 Å². The summed E-state index contributed by atoms with van der Waals surface area (Å²) >= 11 is 0. The molecule has 0 radical (unpaired) electrons. The van der Waals surface area contributed by atoms with E-state index in [1.807, 2.05) is 24.3 Å². The van der Waals surface area contributed by atoms with Gasteiger partial charge >= 0.3 is 0 Å². The first-order valence-corrected chi connectivity index (χ1v) is 7.53. The van der Waals surface area contributed by atoms with Crippen molar-refractivity contribution in [1.82, 2.24) is 5.32 Å². The van der Waals surface area contributed by atoms with Gasteiger partial charge in [0.15, 0.2) is 5.78 Å². The number of phenolic OH excluding ortho intramolecular Hbond substituents is 1. The van der Waals surface area contributed by atoms with Gasteiger partial charge in [0.1, 0.15) is 11.8 Å². The van der Waals surface area contributed by atoms with Crippen molar-refractivity contribution in [3.63, 3.8) is 0 Å². The minimum atomic E-state index is -0.472. The second-order valence-electron chi connectivity index (χ2n) is 5.58. The molecule has 1 aliphatic rings. The number of aromatic hydroxyl groups is 1. The number of para-hydroxylation sites is 1. The van der Waals surface area contributed by atoms with Gasteiger partial charge in [0.25, 0.3) is 0 Å². The molecule has 0 aliphatic carbocycles. The highest BCUT2D eigenvalue weighted by Crippen LogP contribution is 2.30. The van der Waals surface area contributed by atoms with Gasteiger partial charge in [-0.3, -0.25) is 9.59 Å². The third-order valence-corrected chi connectivity index (χ3v) is 4.04. The van der Waals surface area contributed by atoms with Gasteiger partial charge in [-0.05, 0) is 36.6 Å². The van der Waals surface area contributed by atoms with Gasteiger partial charge in [-0.25, -0.2) is 0 Å². The van der Waals surface area contributed by atoms with Crippen molar-refractivity contribution < 1.29 is 14.7 Å². The molecular weight excluding hydrogens is 292 g/mol. The third-order valence-electron chi connectivity index (χ3n) is 4.04. The maximum atomic E-state index is 12.6. The van der Waals surface area contributed by atoms with Crippen LogP contribution in [-0.2, 0) is 11.2 Å². The molecule has 1 amide bonds. The summed E-state index contributed by atoms with van der Waals surface area (Å²) in [6, 6.07) is 12.1. The Morgan fingerprint density at radius 3 is 2.74 bits per heavy atom. The SMILES string of the molecule is CC(=O)c1cccc(NC(=O)[C@@H]2NCCc3ccccc32)c1O. The molecule has 1 aliphatic heterocycles. The summed E-state index contributed by atoms with van der Waals surface area (Å²) < 4.78 is 0. The summed E-state index contributed by atoms with van der Waals surface area (Å²) in [6.45, 7) is 2.09. The van der Waals surface area contributed by atoms with Crippen LogP contribution in [0.4, 0.5) is 5.69 Å². The number of amides is 1. The number of rotatable bonds is 3. The van der Waals surface area contributed by atoms with E-state index in [0.29, 0.717) is 6.54 Å². The topological polar surface area (TPSA) is 78.4 Å². The molecule has 118 valence electrons. The lowest BCUT2D eigenvalue weighted by atomic mass is 9.94. The largest absolute Gasteiger partial charge is 0.505 e. The maximum Gasteiger partial charge on any atom is 0.246 e. The van der Waals surface area contributed by atoms with Crippen molar-refractivity contribution in [1.29, 1.82) is 0 Å². The number of hydrogen-bond donors (Lipinski definition) is 3. The zero-order valence-electron chi connectivity index (χ0n) is 12.8. The van der Waals surface area contributed by atoms with Crippen molar-refractivity contribution in [3.8, 4) is 5.75 Å². The number of nitrogens with one attached hydrogen (secondary N) is 2. The minimum Gasteiger partial charge on any atom is -0.505 e. The molecular formula is C18H18N2O3. The van der Waals surface area contributed by atoms with E-state index in [-0.39, 0.29) is 28.7 Å². The van der Waals surface area contributed by atoms with Crippen molar-refractivity contribution >= 4 is 17.4 Å². The Kier molecular flexibility index (Phi) is 4.12. The van der Waals surface area contributed by atoms with Crippen LogP contribution >= 0.6 is 0 Å². The maximum absolute atomic E-state index is 12.6. The summed E-state index contributed by atoms with van der Waals surface area (Å²) in [7, 11) is 0. The number of carbonyl (C=O) groups excluding carboxylic acids is 2. The number of hydrogen-bond acceptors (Lipinski definition) is 4. The molecule has 0 saturated heterocycles. The third kappa shape index (κ3) is 2.96. The van der Waals surface area contributed by atoms with Gasteiger partial charge < -0.3 is 15.7 Å². The summed E-state index contributed by atoms with van der Waals surface area (Å²) in [5, 5.41) is 16.0. The highest BCUT2D eigenvalue weighted by Gasteiger charge is 2.26. The summed E-state index contributed by atoms with van der Waals surface area (Å²) in [4.78, 5) is 24.1. The summed E-state index contributed by atoms with van der Waals surface area (Å²) in [6.07, 6.45) is 0.880. The van der Waals surface area contributed by atoms with Crippen LogP contribution in [-0.4, -0.2) is 23.3 Å². The molecule has 0 spiro atoms. The molecule has 3 N–H and O–H groups in total. The van der Waals surface area contributed by atoms with Crippen LogP contribution in [0.3, 0.4) is 0 Å². The van der Waals surface area contributed by atoms with E-state index in [1.54, 1.807) is 12.1 Å². The number of Topliss-reactive ketones (excluding diaryl/α,β-unsaturated/α-hetero) is 1. The molecule has 0 aromatic heterocycles. The Bertz CT molecular complexity index is 771. The van der Waals surface area contributed by atoms with Gasteiger partial charge in [-0.1, -0.05) is 30.3 Å². The van der Waals surface area contributed by atoms with E-state index in [2.05, 4.69) is 10.6 Å². The molecule has 1 atom stereocenters. The lowest BCUT2D eigenvalue weighted by Gasteiger charge is -2.26. The highest BCUT2D eigenvalue weighted by molar-refractivity contribution is 6.02. The monoisotopic (exact) mass is 310 g/mol. The molecule has 1 heterocycles. The van der Waals surface area contributed by atoms with E-state index in [1.165, 1.54) is 13.0 Å². The Labute approximate surface area is 134 Å². The Hall–Kier alpha value is -2.66. The molecule has 0 saturated carbocycles. The Morgan fingerprint density at radius 2 is 1.96 bits per heavy atom. The number of fused-ring (bicyclic) bond motifs is 1. The predicted octanol–water partition coefficient (Wildman–Crippen LogP) is 2.42. The molecule has 5 nitrogen and oxygen atoms in total. The highest BCUT2D eigenvalue weighted by atomic mass is 16.3. The normalized spacial score (nSPS) is 16.5. The van der Waals surface area contributed by atoms with Gasteiger partial charge in [-0.2, -0.15) is 0 Å². The van der Waals surface area contributed by atoms with Crippen LogP contribution in [0.5, 0.6) is 5.75 Å². The zero-order chi connectivity index (χ0) is 16.4. The standard InChI is InChI=1S/C18H18N2O3/c1-11(21)13-7-4-8-15(17(13)22)20-18(23)16-14-6-3-2-5-12(14)9-10-19-16/h2-8,16,19,22H,9-10H2,1H3,(H,20,23)/t16-/m1/s1. The predicted molar refractivity (Wildman–Crippen MR) is 87.6 cm³/mol. The molecule has 2 aromatic carbocycles. The van der Waals surface area contributed by atoms with Gasteiger partial charge in [0.2, 0.25) is 5.91 Å². The van der Waals surface area contributed by atoms with Gasteiger partial charge in [-0.15, -0.1) is 0 Å². The van der Waals surface area contributed by atoms with Crippen LogP contribution in [0.2, 0.25) is 0 Å². The van der Waals surface area contributed by atoms with E-state index in [9.17, 15) is 14.7 Å². The average molecular weight is 310 g/mol. The summed E-state index contributed by atoms with van der Waals surface area (Å²) in [5.74, 6) is -0.703. The second kappa shape index (κ2) is 6.22. The second-order valence-corrected chi connectivity index (χ2v) is 5.58. The first kappa shape index (κ1) is 15.2. The van der Waals surface area contributed by atoms with Crippen molar-refractivity contribution in [2.75, 3.05) is 11.9 Å². The molecule has 23 heavy (non-hydrogen) atoms. The first-order chi connectivity index (χ1) is 11.1. The van der Waals surface area contributed by atoms with Crippen LogP contribution < -0.4 is 10.6 Å². The zero-order valence-corrected chi connectivity index (χ0v) is 12.8. The average Bonchev–Trinajstić information content (AvgIpc) is 2.56. The fraction of sp³-hybridized carbons (Fsp3) is 0.222. The lowest BCUT2D eigenvalue weighted by Crippen LogP contribution is -2.38. The molecule has 3 rings (SSSR count). The molecule has 0 bridgehead atoms. The van der Waals surface area contributed by atoms with Crippen LogP contribution in [0.25, 0.3) is 0 Å². The number of phenols is 1. The fourth-order valence-electron chi connectivity index (χ4n) is 2.87. The molecule has 0 fully saturated rings. The first-order valence-electron chi connectivity index (χ1n) is 7.53. The Balaban J connectivity index is 1.86. The van der Waals surface area contributed by atoms with Gasteiger partial charge in [0.05, 0.1) is 11.3 Å². The Morgan fingerprint density at radius 1 is 1.17 bits per heavy atom. The van der Waals surface area contributed by atoms with E-state index in [0.717, 1.165) is 17.5 Å². The number of benzene rings is 2. The smallest absolute Gasteiger partial charge is 0.246 e. The van der Waals surface area contributed by atoms with Crippen LogP contribution in [0, 0.1) is 0 Å². The molecule has 5 heteroatoms. The van der Waals surface area contributed by atoms with E-state index in [4.69, 9.17) is 0 Å². The van der Waals surface area contributed by atoms with Gasteiger partial charge in [0, 0.05) is 6.54 Å². The quantitative estimate of drug-likeness (QED) is 0.601. The molecule has 0 unspecified atom stereocenters.